The number of hydrogen-bond donors (Lipinski definition) is 1. The van der Waals surface area contributed by atoms with Crippen molar-refractivity contribution in [1.29, 1.82) is 0 Å². The van der Waals surface area contributed by atoms with E-state index in [4.69, 9.17) is 17.3 Å². The van der Waals surface area contributed by atoms with Gasteiger partial charge in [-0.3, -0.25) is 0 Å². The molecule has 3 nitrogen and oxygen atoms in total. The monoisotopic (exact) mass is 295 g/mol. The largest absolute Gasteiger partial charge is 0.490 e. The van der Waals surface area contributed by atoms with Gasteiger partial charge in [0, 0.05) is 11.4 Å². The molecule has 106 valence electrons. The Hall–Kier alpha value is -1.27. The van der Waals surface area contributed by atoms with Crippen LogP contribution in [0.1, 0.15) is 18.9 Å². The van der Waals surface area contributed by atoms with Gasteiger partial charge in [0.05, 0.1) is 0 Å². The Labute approximate surface area is 113 Å². The Morgan fingerprint density at radius 3 is 2.26 bits per heavy atom. The molecule has 0 fully saturated rings. The van der Waals surface area contributed by atoms with E-state index in [1.807, 2.05) is 0 Å². The second-order valence-corrected chi connectivity index (χ2v) is 4.60. The van der Waals surface area contributed by atoms with Crippen LogP contribution in [0.15, 0.2) is 24.3 Å². The lowest BCUT2D eigenvalue weighted by Crippen LogP contribution is -2.37. The van der Waals surface area contributed by atoms with Crippen molar-refractivity contribution >= 4 is 17.6 Å². The number of halogens is 4. The smallest absolute Gasteiger partial charge is 0.448 e. The molecule has 1 rings (SSSR count). The molecule has 0 radical (unpaired) electrons. The van der Waals surface area contributed by atoms with E-state index in [0.29, 0.717) is 10.6 Å². The van der Waals surface area contributed by atoms with Crippen molar-refractivity contribution in [2.45, 2.75) is 25.1 Å². The van der Waals surface area contributed by atoms with E-state index < -0.39 is 17.7 Å². The molecule has 0 saturated heterocycles. The molecule has 0 aromatic heterocycles. The lowest BCUT2D eigenvalue weighted by Gasteiger charge is -2.30. The Kier molecular flexibility index (Phi) is 4.81. The van der Waals surface area contributed by atoms with E-state index in [0.717, 1.165) is 0 Å². The van der Waals surface area contributed by atoms with Gasteiger partial charge < -0.3 is 10.5 Å². The fraction of sp³-hybridized carbons (Fsp3) is 0.417. The predicted molar refractivity (Wildman–Crippen MR) is 64.6 cm³/mol. The fourth-order valence-corrected chi connectivity index (χ4v) is 1.72. The molecule has 0 saturated carbocycles. The van der Waals surface area contributed by atoms with E-state index in [9.17, 15) is 18.0 Å². The summed E-state index contributed by atoms with van der Waals surface area (Å²) in [6.07, 6.45) is -4.97. The van der Waals surface area contributed by atoms with Crippen molar-refractivity contribution in [3.8, 4) is 0 Å². The van der Waals surface area contributed by atoms with E-state index >= 15 is 0 Å². The third-order valence-electron chi connectivity index (χ3n) is 2.63. The van der Waals surface area contributed by atoms with Crippen LogP contribution in [-0.2, 0) is 15.1 Å². The number of esters is 1. The van der Waals surface area contributed by atoms with Crippen molar-refractivity contribution in [3.63, 3.8) is 0 Å². The maximum absolute atomic E-state index is 12.3. The van der Waals surface area contributed by atoms with Gasteiger partial charge in [-0.15, -0.1) is 0 Å². The maximum Gasteiger partial charge on any atom is 0.490 e. The first-order valence-electron chi connectivity index (χ1n) is 5.45. The van der Waals surface area contributed by atoms with Gasteiger partial charge in [-0.05, 0) is 31.2 Å². The second-order valence-electron chi connectivity index (χ2n) is 4.16. The number of nitrogens with two attached hydrogens (primary N) is 1. The summed E-state index contributed by atoms with van der Waals surface area (Å²) < 4.78 is 41.4. The summed E-state index contributed by atoms with van der Waals surface area (Å²) in [7, 11) is 0. The van der Waals surface area contributed by atoms with Gasteiger partial charge in [-0.1, -0.05) is 23.7 Å². The van der Waals surface area contributed by atoms with Crippen LogP contribution < -0.4 is 5.73 Å². The summed E-state index contributed by atoms with van der Waals surface area (Å²) in [6, 6.07) is 6.02. The molecule has 0 spiro atoms. The lowest BCUT2D eigenvalue weighted by atomic mass is 9.92. The topological polar surface area (TPSA) is 52.3 Å². The lowest BCUT2D eigenvalue weighted by molar-refractivity contribution is -0.214. The van der Waals surface area contributed by atoms with Crippen molar-refractivity contribution in [3.05, 3.63) is 34.9 Å². The SMILES string of the molecule is CC(CCN)(OC(=O)C(F)(F)F)c1ccc(Cl)cc1. The Bertz CT molecular complexity index is 447. The quantitative estimate of drug-likeness (QED) is 0.869. The summed E-state index contributed by atoms with van der Waals surface area (Å²) in [5.74, 6) is -2.24. The van der Waals surface area contributed by atoms with Crippen molar-refractivity contribution in [2.75, 3.05) is 6.54 Å². The summed E-state index contributed by atoms with van der Waals surface area (Å²) in [4.78, 5) is 11.0. The average Bonchev–Trinajstić information content (AvgIpc) is 2.28. The third-order valence-corrected chi connectivity index (χ3v) is 2.88. The molecule has 1 aromatic rings. The van der Waals surface area contributed by atoms with Crippen molar-refractivity contribution in [2.24, 2.45) is 5.73 Å². The van der Waals surface area contributed by atoms with Crippen LogP contribution in [0.25, 0.3) is 0 Å². The Morgan fingerprint density at radius 2 is 1.84 bits per heavy atom. The zero-order valence-corrected chi connectivity index (χ0v) is 10.9. The first-order chi connectivity index (χ1) is 8.69. The Balaban J connectivity index is 3.03. The minimum atomic E-state index is -5.04. The van der Waals surface area contributed by atoms with E-state index in [2.05, 4.69) is 4.74 Å². The minimum absolute atomic E-state index is 0.0659. The van der Waals surface area contributed by atoms with Crippen LogP contribution in [0.2, 0.25) is 5.02 Å². The van der Waals surface area contributed by atoms with Gasteiger partial charge in [-0.25, -0.2) is 4.79 Å². The van der Waals surface area contributed by atoms with E-state index in [1.165, 1.54) is 31.2 Å². The zero-order chi connectivity index (χ0) is 14.7. The van der Waals surface area contributed by atoms with E-state index in [1.54, 1.807) is 0 Å². The number of carbonyl (C=O) groups excluding carboxylic acids is 1. The highest BCUT2D eigenvalue weighted by atomic mass is 35.5. The highest BCUT2D eigenvalue weighted by Crippen LogP contribution is 2.32. The van der Waals surface area contributed by atoms with Crippen molar-refractivity contribution in [1.82, 2.24) is 0 Å². The molecular formula is C12H13ClF3NO2. The minimum Gasteiger partial charge on any atom is -0.448 e. The number of alkyl halides is 3. The first-order valence-corrected chi connectivity index (χ1v) is 5.83. The van der Waals surface area contributed by atoms with Gasteiger partial charge in [0.25, 0.3) is 0 Å². The molecule has 7 heteroatoms. The van der Waals surface area contributed by atoms with Crippen LogP contribution in [0.3, 0.4) is 0 Å². The zero-order valence-electron chi connectivity index (χ0n) is 10.1. The van der Waals surface area contributed by atoms with Crippen LogP contribution >= 0.6 is 11.6 Å². The molecular weight excluding hydrogens is 283 g/mol. The second kappa shape index (κ2) is 5.79. The van der Waals surface area contributed by atoms with Crippen LogP contribution in [0.4, 0.5) is 13.2 Å². The molecule has 1 atom stereocenters. The number of rotatable bonds is 4. The van der Waals surface area contributed by atoms with Gasteiger partial charge in [0.1, 0.15) is 5.60 Å². The third kappa shape index (κ3) is 4.11. The standard InChI is InChI=1S/C12H13ClF3NO2/c1-11(6-7-17,19-10(18)12(14,15)16)8-2-4-9(13)5-3-8/h2-5H,6-7,17H2,1H3. The number of ether oxygens (including phenoxy) is 1. The summed E-state index contributed by atoms with van der Waals surface area (Å²) >= 11 is 5.70. The van der Waals surface area contributed by atoms with Crippen LogP contribution in [0, 0.1) is 0 Å². The highest BCUT2D eigenvalue weighted by Gasteiger charge is 2.45. The molecule has 0 bridgehead atoms. The predicted octanol–water partition coefficient (Wildman–Crippen LogP) is 3.01. The van der Waals surface area contributed by atoms with Gasteiger partial charge in [-0.2, -0.15) is 13.2 Å². The summed E-state index contributed by atoms with van der Waals surface area (Å²) in [6.45, 7) is 1.46. The average molecular weight is 296 g/mol. The molecule has 0 heterocycles. The summed E-state index contributed by atoms with van der Waals surface area (Å²) in [5, 5.41) is 0.431. The fourth-order valence-electron chi connectivity index (χ4n) is 1.59. The molecule has 19 heavy (non-hydrogen) atoms. The van der Waals surface area contributed by atoms with Gasteiger partial charge in [0.15, 0.2) is 0 Å². The first kappa shape index (κ1) is 15.8. The highest BCUT2D eigenvalue weighted by molar-refractivity contribution is 6.30. The van der Waals surface area contributed by atoms with Crippen LogP contribution in [-0.4, -0.2) is 18.7 Å². The number of hydrogen-bond acceptors (Lipinski definition) is 3. The van der Waals surface area contributed by atoms with E-state index in [-0.39, 0.29) is 13.0 Å². The normalized spacial score (nSPS) is 14.8. The van der Waals surface area contributed by atoms with Gasteiger partial charge >= 0.3 is 12.1 Å². The van der Waals surface area contributed by atoms with Crippen LogP contribution in [0.5, 0.6) is 0 Å². The number of carbonyl (C=O) groups is 1. The summed E-state index contributed by atoms with van der Waals surface area (Å²) in [5.41, 5.74) is 4.33. The van der Waals surface area contributed by atoms with Crippen molar-refractivity contribution < 1.29 is 22.7 Å². The maximum atomic E-state index is 12.3. The molecule has 2 N–H and O–H groups in total. The molecule has 0 aliphatic heterocycles. The molecule has 0 amide bonds. The molecule has 0 aliphatic carbocycles. The molecule has 1 aromatic carbocycles. The Morgan fingerprint density at radius 1 is 1.32 bits per heavy atom. The molecule has 1 unspecified atom stereocenters. The molecule has 0 aliphatic rings. The van der Waals surface area contributed by atoms with Gasteiger partial charge in [0.2, 0.25) is 0 Å². The number of benzene rings is 1.